The van der Waals surface area contributed by atoms with Gasteiger partial charge in [0, 0.05) is 24.3 Å². The molecule has 0 bridgehead atoms. The van der Waals surface area contributed by atoms with E-state index in [4.69, 9.17) is 0 Å². The molecule has 0 amide bonds. The summed E-state index contributed by atoms with van der Waals surface area (Å²) in [5.41, 5.74) is 5.34. The van der Waals surface area contributed by atoms with Crippen molar-refractivity contribution >= 4 is 11.5 Å². The molecule has 1 unspecified atom stereocenters. The van der Waals surface area contributed by atoms with Crippen LogP contribution in [0.4, 0.5) is 4.39 Å². The fourth-order valence-electron chi connectivity index (χ4n) is 4.68. The lowest BCUT2D eigenvalue weighted by atomic mass is 9.72. The minimum absolute atomic E-state index is 0.0465. The van der Waals surface area contributed by atoms with Gasteiger partial charge >= 0.3 is 0 Å². The molecule has 2 nitrogen and oxygen atoms in total. The summed E-state index contributed by atoms with van der Waals surface area (Å²) < 4.78 is 13.4. The number of carbonyl (C=O) groups excluding carboxylic acids is 1. The summed E-state index contributed by atoms with van der Waals surface area (Å²) in [5.74, 6) is 0.105. The van der Waals surface area contributed by atoms with Crippen LogP contribution in [0, 0.1) is 11.7 Å². The number of rotatable bonds is 5. The molecule has 0 spiro atoms. The zero-order valence-electron chi connectivity index (χ0n) is 17.9. The van der Waals surface area contributed by atoms with E-state index < -0.39 is 0 Å². The maximum absolute atomic E-state index is 13.7. The quantitative estimate of drug-likeness (QED) is 0.509. The number of allylic oxidation sites excluding steroid dienone is 6. The maximum atomic E-state index is 13.7. The molecule has 0 aromatic heterocycles. The van der Waals surface area contributed by atoms with E-state index in [-0.39, 0.29) is 23.4 Å². The van der Waals surface area contributed by atoms with Gasteiger partial charge in [0.1, 0.15) is 5.82 Å². The predicted octanol–water partition coefficient (Wildman–Crippen LogP) is 6.74. The van der Waals surface area contributed by atoms with Crippen molar-refractivity contribution in [3.8, 4) is 0 Å². The first-order chi connectivity index (χ1) is 14.0. The molecule has 0 radical (unpaired) electrons. The van der Waals surface area contributed by atoms with Gasteiger partial charge in [-0.3, -0.25) is 9.79 Å². The molecule has 154 valence electrons. The molecule has 1 aromatic carbocycles. The molecule has 0 saturated heterocycles. The second kappa shape index (κ2) is 9.96. The lowest BCUT2D eigenvalue weighted by Gasteiger charge is -2.31. The van der Waals surface area contributed by atoms with Crippen molar-refractivity contribution in [2.45, 2.75) is 64.7 Å². The third-order valence-corrected chi connectivity index (χ3v) is 6.43. The Bertz CT molecular complexity index is 857. The Hall–Kier alpha value is -2.29. The van der Waals surface area contributed by atoms with Gasteiger partial charge < -0.3 is 0 Å². The van der Waals surface area contributed by atoms with Crippen LogP contribution >= 0.6 is 0 Å². The number of nitrogens with zero attached hydrogens (tertiary/aromatic N) is 1. The van der Waals surface area contributed by atoms with E-state index in [1.54, 1.807) is 0 Å². The highest BCUT2D eigenvalue weighted by atomic mass is 19.1. The van der Waals surface area contributed by atoms with E-state index >= 15 is 0 Å². The van der Waals surface area contributed by atoms with Gasteiger partial charge in [0.2, 0.25) is 0 Å². The van der Waals surface area contributed by atoms with Crippen molar-refractivity contribution in [2.24, 2.45) is 10.9 Å². The first kappa shape index (κ1) is 21.4. The van der Waals surface area contributed by atoms with Crippen molar-refractivity contribution in [3.63, 3.8) is 0 Å². The smallest absolute Gasteiger partial charge is 0.166 e. The Balaban J connectivity index is 1.98. The number of hydrogen-bond donors (Lipinski definition) is 0. The van der Waals surface area contributed by atoms with Crippen LogP contribution in [-0.2, 0) is 4.79 Å². The molecule has 0 N–H and O–H groups in total. The van der Waals surface area contributed by atoms with Crippen molar-refractivity contribution < 1.29 is 9.18 Å². The van der Waals surface area contributed by atoms with E-state index in [0.717, 1.165) is 67.4 Å². The molecule has 3 heteroatoms. The largest absolute Gasteiger partial charge is 0.294 e. The van der Waals surface area contributed by atoms with Crippen LogP contribution in [0.1, 0.15) is 70.3 Å². The van der Waals surface area contributed by atoms with Crippen LogP contribution in [-0.4, -0.2) is 18.5 Å². The lowest BCUT2D eigenvalue weighted by molar-refractivity contribution is -0.120. The van der Waals surface area contributed by atoms with Gasteiger partial charge in [-0.25, -0.2) is 4.39 Å². The minimum Gasteiger partial charge on any atom is -0.294 e. The summed E-state index contributed by atoms with van der Waals surface area (Å²) in [6.07, 6.45) is 13.2. The normalized spacial score (nSPS) is 28.8. The van der Waals surface area contributed by atoms with Crippen LogP contribution in [0.3, 0.4) is 0 Å². The zero-order chi connectivity index (χ0) is 20.8. The Labute approximate surface area is 174 Å². The second-order valence-corrected chi connectivity index (χ2v) is 8.13. The summed E-state index contributed by atoms with van der Waals surface area (Å²) in [7, 11) is 1.81. The first-order valence-electron chi connectivity index (χ1n) is 10.9. The summed E-state index contributed by atoms with van der Waals surface area (Å²) in [6, 6.07) is 6.72. The molecule has 1 fully saturated rings. The van der Waals surface area contributed by atoms with Crippen molar-refractivity contribution in [1.82, 2.24) is 0 Å². The molecule has 2 aliphatic rings. The number of ketones is 1. The van der Waals surface area contributed by atoms with E-state index in [1.807, 2.05) is 32.2 Å². The molecule has 2 aliphatic carbocycles. The molecule has 2 atom stereocenters. The molecule has 1 saturated carbocycles. The molecule has 0 aliphatic heterocycles. The molecule has 1 aromatic rings. The summed E-state index contributed by atoms with van der Waals surface area (Å²) in [6.45, 7) is 4.20. The topological polar surface area (TPSA) is 29.4 Å². The summed E-state index contributed by atoms with van der Waals surface area (Å²) in [5, 5.41) is 0. The fourth-order valence-corrected chi connectivity index (χ4v) is 4.68. The SMILES string of the molecule is CC/C1=C(C(C)=NC)/C=C(C(=O)C2CCCC[C@H]2c2ccc(F)cc2)\C=C\CC1. The van der Waals surface area contributed by atoms with Crippen molar-refractivity contribution in [3.05, 3.63) is 70.6 Å². The predicted molar refractivity (Wildman–Crippen MR) is 119 cm³/mol. The summed E-state index contributed by atoms with van der Waals surface area (Å²) in [4.78, 5) is 18.1. The third-order valence-electron chi connectivity index (χ3n) is 6.43. The Morgan fingerprint density at radius 3 is 2.59 bits per heavy atom. The van der Waals surface area contributed by atoms with Crippen LogP contribution in [0.5, 0.6) is 0 Å². The minimum atomic E-state index is -0.228. The zero-order valence-corrected chi connectivity index (χ0v) is 17.9. The van der Waals surface area contributed by atoms with Gasteiger partial charge in [-0.1, -0.05) is 49.6 Å². The number of Topliss-reactive ketones (excluding diaryl/α,β-unsaturated/α-hetero) is 1. The van der Waals surface area contributed by atoms with Gasteiger partial charge in [-0.2, -0.15) is 0 Å². The number of benzene rings is 1. The highest BCUT2D eigenvalue weighted by molar-refractivity contribution is 6.06. The van der Waals surface area contributed by atoms with Gasteiger partial charge in [0.25, 0.3) is 0 Å². The molecular weight excluding hydrogens is 361 g/mol. The van der Waals surface area contributed by atoms with Crippen molar-refractivity contribution in [1.29, 1.82) is 0 Å². The summed E-state index contributed by atoms with van der Waals surface area (Å²) >= 11 is 0. The standard InChI is InChI=1S/C26H32FNO/c1-4-19-9-5-6-10-21(17-25(19)18(2)28-3)26(29)24-12-8-7-11-23(24)20-13-15-22(27)16-14-20/h6,10,13-17,23-24H,4-5,7-9,11-12H2,1-3H3/b10-6+,21-17+,25-19+,28-18?/t23-,24?/m0/s1. The Kier molecular flexibility index (Phi) is 7.35. The molecule has 29 heavy (non-hydrogen) atoms. The fraction of sp³-hybridized carbons (Fsp3) is 0.462. The van der Waals surface area contributed by atoms with E-state index in [1.165, 1.54) is 17.7 Å². The maximum Gasteiger partial charge on any atom is 0.166 e. The van der Waals surface area contributed by atoms with Crippen LogP contribution in [0.2, 0.25) is 0 Å². The number of hydrogen-bond acceptors (Lipinski definition) is 2. The van der Waals surface area contributed by atoms with E-state index in [2.05, 4.69) is 24.1 Å². The van der Waals surface area contributed by atoms with Gasteiger partial charge in [0.15, 0.2) is 5.78 Å². The Morgan fingerprint density at radius 1 is 1.17 bits per heavy atom. The monoisotopic (exact) mass is 393 g/mol. The Morgan fingerprint density at radius 2 is 1.90 bits per heavy atom. The number of carbonyl (C=O) groups is 1. The van der Waals surface area contributed by atoms with E-state index in [0.29, 0.717) is 0 Å². The third kappa shape index (κ3) is 5.01. The van der Waals surface area contributed by atoms with Crippen LogP contribution in [0.25, 0.3) is 0 Å². The molecular formula is C26H32FNO. The number of aliphatic imine (C=N–C) groups is 1. The van der Waals surface area contributed by atoms with Crippen LogP contribution in [0.15, 0.2) is 64.2 Å². The molecule has 3 rings (SSSR count). The first-order valence-corrected chi connectivity index (χ1v) is 10.9. The van der Waals surface area contributed by atoms with Gasteiger partial charge in [-0.05, 0) is 74.3 Å². The van der Waals surface area contributed by atoms with Gasteiger partial charge in [0.05, 0.1) is 0 Å². The highest BCUT2D eigenvalue weighted by Crippen LogP contribution is 2.40. The lowest BCUT2D eigenvalue weighted by Crippen LogP contribution is -2.27. The van der Waals surface area contributed by atoms with Crippen molar-refractivity contribution in [2.75, 3.05) is 7.05 Å². The van der Waals surface area contributed by atoms with Gasteiger partial charge in [-0.15, -0.1) is 0 Å². The van der Waals surface area contributed by atoms with E-state index in [9.17, 15) is 9.18 Å². The number of halogens is 1. The molecule has 0 heterocycles. The highest BCUT2D eigenvalue weighted by Gasteiger charge is 2.33. The second-order valence-electron chi connectivity index (χ2n) is 8.13. The van der Waals surface area contributed by atoms with Crippen LogP contribution < -0.4 is 0 Å². The average Bonchev–Trinajstić information content (AvgIpc) is 2.73. The average molecular weight is 394 g/mol.